The third kappa shape index (κ3) is 2.65. The first-order chi connectivity index (χ1) is 5.83. The molecule has 0 aliphatic rings. The van der Waals surface area contributed by atoms with Crippen molar-refractivity contribution < 1.29 is 0 Å². The Balaban J connectivity index is 2.53. The normalized spacial score (nSPS) is 8.75. The van der Waals surface area contributed by atoms with Crippen molar-refractivity contribution in [2.75, 3.05) is 11.9 Å². The highest BCUT2D eigenvalue weighted by Crippen LogP contribution is 2.07. The van der Waals surface area contributed by atoms with E-state index in [4.69, 9.17) is 0 Å². The van der Waals surface area contributed by atoms with E-state index in [0.29, 0.717) is 0 Å². The molecule has 0 unspecified atom stereocenters. The Morgan fingerprint density at radius 1 is 1.42 bits per heavy atom. The SMILES string of the molecule is C=C=CCNc1ccc(C)cc1. The molecule has 0 amide bonds. The first kappa shape index (κ1) is 8.63. The highest BCUT2D eigenvalue weighted by atomic mass is 14.8. The summed E-state index contributed by atoms with van der Waals surface area (Å²) in [5.74, 6) is 0. The summed E-state index contributed by atoms with van der Waals surface area (Å²) in [6.45, 7) is 6.35. The maximum atomic E-state index is 3.49. The zero-order valence-corrected chi connectivity index (χ0v) is 7.30. The predicted octanol–water partition coefficient (Wildman–Crippen LogP) is 2.75. The van der Waals surface area contributed by atoms with Gasteiger partial charge in [-0.3, -0.25) is 0 Å². The minimum Gasteiger partial charge on any atom is -0.381 e. The van der Waals surface area contributed by atoms with Gasteiger partial charge in [0, 0.05) is 12.2 Å². The van der Waals surface area contributed by atoms with Gasteiger partial charge in [-0.15, -0.1) is 5.73 Å². The van der Waals surface area contributed by atoms with Crippen LogP contribution in [0.25, 0.3) is 0 Å². The van der Waals surface area contributed by atoms with Crippen LogP contribution >= 0.6 is 0 Å². The molecule has 0 aromatic heterocycles. The lowest BCUT2D eigenvalue weighted by atomic mass is 10.2. The highest BCUT2D eigenvalue weighted by molar-refractivity contribution is 5.44. The van der Waals surface area contributed by atoms with Crippen LogP contribution in [0.15, 0.2) is 42.7 Å². The van der Waals surface area contributed by atoms with Crippen LogP contribution in [0.1, 0.15) is 5.56 Å². The number of benzene rings is 1. The number of nitrogens with one attached hydrogen (secondary N) is 1. The second kappa shape index (κ2) is 4.42. The van der Waals surface area contributed by atoms with Crippen molar-refractivity contribution in [2.24, 2.45) is 0 Å². The summed E-state index contributed by atoms with van der Waals surface area (Å²) in [7, 11) is 0. The van der Waals surface area contributed by atoms with Crippen LogP contribution in [0, 0.1) is 6.92 Å². The summed E-state index contributed by atoms with van der Waals surface area (Å²) < 4.78 is 0. The summed E-state index contributed by atoms with van der Waals surface area (Å²) in [4.78, 5) is 0. The zero-order valence-electron chi connectivity index (χ0n) is 7.30. The Labute approximate surface area is 73.4 Å². The van der Waals surface area contributed by atoms with Crippen LogP contribution in [0.4, 0.5) is 5.69 Å². The van der Waals surface area contributed by atoms with Gasteiger partial charge >= 0.3 is 0 Å². The Morgan fingerprint density at radius 2 is 2.08 bits per heavy atom. The summed E-state index contributed by atoms with van der Waals surface area (Å²) in [6, 6.07) is 8.29. The molecule has 0 heterocycles. The quantitative estimate of drug-likeness (QED) is 0.669. The molecule has 1 N–H and O–H groups in total. The fraction of sp³-hybridized carbons (Fsp3) is 0.182. The van der Waals surface area contributed by atoms with Crippen molar-refractivity contribution in [1.82, 2.24) is 0 Å². The van der Waals surface area contributed by atoms with Gasteiger partial charge in [-0.05, 0) is 25.1 Å². The number of rotatable bonds is 3. The second-order valence-electron chi connectivity index (χ2n) is 2.66. The molecule has 1 rings (SSSR count). The zero-order chi connectivity index (χ0) is 8.81. The molecule has 0 fully saturated rings. The topological polar surface area (TPSA) is 12.0 Å². The number of aryl methyl sites for hydroxylation is 1. The largest absolute Gasteiger partial charge is 0.381 e. The van der Waals surface area contributed by atoms with Gasteiger partial charge in [0.1, 0.15) is 0 Å². The van der Waals surface area contributed by atoms with Gasteiger partial charge in [0.05, 0.1) is 0 Å². The molecule has 1 aromatic rings. The lowest BCUT2D eigenvalue weighted by Crippen LogP contribution is -1.96. The summed E-state index contributed by atoms with van der Waals surface area (Å²) >= 11 is 0. The lowest BCUT2D eigenvalue weighted by molar-refractivity contribution is 1.33. The second-order valence-corrected chi connectivity index (χ2v) is 2.66. The standard InChI is InChI=1S/C11H13N/c1-3-4-9-12-11-7-5-10(2)6-8-11/h4-8,12H,1,9H2,2H3. The monoisotopic (exact) mass is 159 g/mol. The molecule has 12 heavy (non-hydrogen) atoms. The minimum atomic E-state index is 0.784. The molecule has 0 saturated carbocycles. The molecule has 0 bridgehead atoms. The molecule has 0 saturated heterocycles. The first-order valence-corrected chi connectivity index (χ1v) is 3.98. The lowest BCUT2D eigenvalue weighted by Gasteiger charge is -2.01. The molecule has 0 aliphatic heterocycles. The molecule has 0 atom stereocenters. The molecule has 62 valence electrons. The van der Waals surface area contributed by atoms with Crippen molar-refractivity contribution in [2.45, 2.75) is 6.92 Å². The Kier molecular flexibility index (Phi) is 3.18. The van der Waals surface area contributed by atoms with Gasteiger partial charge in [0.2, 0.25) is 0 Å². The minimum absolute atomic E-state index is 0.784. The van der Waals surface area contributed by atoms with Crippen molar-refractivity contribution in [3.05, 3.63) is 48.2 Å². The Morgan fingerprint density at radius 3 is 2.67 bits per heavy atom. The highest BCUT2D eigenvalue weighted by Gasteiger charge is 1.87. The molecule has 1 nitrogen and oxygen atoms in total. The van der Waals surface area contributed by atoms with E-state index in [0.717, 1.165) is 12.2 Å². The van der Waals surface area contributed by atoms with Crippen LogP contribution in [-0.2, 0) is 0 Å². The van der Waals surface area contributed by atoms with E-state index in [2.05, 4.69) is 48.8 Å². The fourth-order valence-electron chi connectivity index (χ4n) is 0.912. The third-order valence-corrected chi connectivity index (χ3v) is 1.60. The van der Waals surface area contributed by atoms with Crippen LogP contribution < -0.4 is 5.32 Å². The number of hydrogen-bond donors (Lipinski definition) is 1. The van der Waals surface area contributed by atoms with Gasteiger partial charge in [-0.2, -0.15) is 0 Å². The maximum absolute atomic E-state index is 3.49. The van der Waals surface area contributed by atoms with Crippen LogP contribution in [0.3, 0.4) is 0 Å². The summed E-state index contributed by atoms with van der Waals surface area (Å²) in [5, 5.41) is 3.21. The molecule has 0 aliphatic carbocycles. The van der Waals surface area contributed by atoms with Crippen LogP contribution in [-0.4, -0.2) is 6.54 Å². The van der Waals surface area contributed by atoms with E-state index in [1.807, 2.05) is 6.08 Å². The van der Waals surface area contributed by atoms with Crippen molar-refractivity contribution >= 4 is 5.69 Å². The van der Waals surface area contributed by atoms with Gasteiger partial charge in [0.15, 0.2) is 0 Å². The molecular formula is C11H13N. The van der Waals surface area contributed by atoms with Crippen LogP contribution in [0.5, 0.6) is 0 Å². The van der Waals surface area contributed by atoms with Gasteiger partial charge in [-0.25, -0.2) is 0 Å². The van der Waals surface area contributed by atoms with E-state index in [1.54, 1.807) is 0 Å². The maximum Gasteiger partial charge on any atom is 0.0405 e. The summed E-state index contributed by atoms with van der Waals surface area (Å²) in [6.07, 6.45) is 1.86. The molecule has 0 spiro atoms. The van der Waals surface area contributed by atoms with Crippen LogP contribution in [0.2, 0.25) is 0 Å². The summed E-state index contributed by atoms with van der Waals surface area (Å²) in [5.41, 5.74) is 5.12. The van der Waals surface area contributed by atoms with E-state index in [9.17, 15) is 0 Å². The fourth-order valence-corrected chi connectivity index (χ4v) is 0.912. The Hall–Kier alpha value is -1.46. The van der Waals surface area contributed by atoms with Gasteiger partial charge < -0.3 is 5.32 Å². The molecular weight excluding hydrogens is 146 g/mol. The van der Waals surface area contributed by atoms with E-state index in [-0.39, 0.29) is 0 Å². The average molecular weight is 159 g/mol. The van der Waals surface area contributed by atoms with Crippen molar-refractivity contribution in [1.29, 1.82) is 0 Å². The van der Waals surface area contributed by atoms with Crippen molar-refractivity contribution in [3.63, 3.8) is 0 Å². The van der Waals surface area contributed by atoms with Gasteiger partial charge in [-0.1, -0.05) is 24.3 Å². The molecule has 1 heteroatoms. The van der Waals surface area contributed by atoms with E-state index >= 15 is 0 Å². The molecule has 0 radical (unpaired) electrons. The van der Waals surface area contributed by atoms with Crippen molar-refractivity contribution in [3.8, 4) is 0 Å². The van der Waals surface area contributed by atoms with Gasteiger partial charge in [0.25, 0.3) is 0 Å². The third-order valence-electron chi connectivity index (χ3n) is 1.60. The first-order valence-electron chi connectivity index (χ1n) is 3.98. The number of hydrogen-bond acceptors (Lipinski definition) is 1. The average Bonchev–Trinajstić information content (AvgIpc) is 2.09. The smallest absolute Gasteiger partial charge is 0.0405 e. The molecule has 1 aromatic carbocycles. The van der Waals surface area contributed by atoms with E-state index < -0.39 is 0 Å². The predicted molar refractivity (Wildman–Crippen MR) is 53.4 cm³/mol. The Bertz CT molecular complexity index is 278. The van der Waals surface area contributed by atoms with E-state index in [1.165, 1.54) is 5.56 Å². The number of anilines is 1.